The molecule has 0 N–H and O–H groups in total. The van der Waals surface area contributed by atoms with E-state index in [1.165, 1.54) is 36.7 Å². The number of pyridine rings is 1. The molecule has 0 aromatic carbocycles. The van der Waals surface area contributed by atoms with E-state index in [1.54, 1.807) is 13.1 Å². The van der Waals surface area contributed by atoms with Crippen LogP contribution in [0.5, 0.6) is 0 Å². The Kier molecular flexibility index (Phi) is 3.15. The van der Waals surface area contributed by atoms with Gasteiger partial charge in [-0.3, -0.25) is 4.79 Å². The van der Waals surface area contributed by atoms with Crippen LogP contribution in [0.1, 0.15) is 43.6 Å². The lowest BCUT2D eigenvalue weighted by molar-refractivity contribution is 0.443. The SMILES string of the molecule is Cn1c(Cl)cc(C2CCCCC2)cc1=O. The van der Waals surface area contributed by atoms with E-state index in [1.807, 2.05) is 6.07 Å². The first kappa shape index (κ1) is 10.7. The third kappa shape index (κ3) is 2.25. The molecule has 1 aliphatic rings. The first-order chi connectivity index (χ1) is 7.18. The zero-order valence-electron chi connectivity index (χ0n) is 9.00. The fraction of sp³-hybridized carbons (Fsp3) is 0.583. The zero-order valence-corrected chi connectivity index (χ0v) is 9.76. The summed E-state index contributed by atoms with van der Waals surface area (Å²) in [6.45, 7) is 0. The maximum absolute atomic E-state index is 11.6. The third-order valence-electron chi connectivity index (χ3n) is 3.30. The Labute approximate surface area is 94.9 Å². The predicted molar refractivity (Wildman–Crippen MR) is 62.5 cm³/mol. The summed E-state index contributed by atoms with van der Waals surface area (Å²) in [6, 6.07) is 3.68. The van der Waals surface area contributed by atoms with Crippen LogP contribution in [0.3, 0.4) is 0 Å². The first-order valence-electron chi connectivity index (χ1n) is 5.55. The monoisotopic (exact) mass is 225 g/mol. The van der Waals surface area contributed by atoms with Crippen molar-refractivity contribution in [2.24, 2.45) is 7.05 Å². The molecule has 1 aliphatic carbocycles. The fourth-order valence-electron chi connectivity index (χ4n) is 2.29. The van der Waals surface area contributed by atoms with Gasteiger partial charge in [-0.25, -0.2) is 0 Å². The average molecular weight is 226 g/mol. The van der Waals surface area contributed by atoms with Crippen molar-refractivity contribution >= 4 is 11.6 Å². The first-order valence-corrected chi connectivity index (χ1v) is 5.93. The van der Waals surface area contributed by atoms with Gasteiger partial charge in [-0.15, -0.1) is 0 Å². The van der Waals surface area contributed by atoms with Crippen molar-refractivity contribution in [2.45, 2.75) is 38.0 Å². The van der Waals surface area contributed by atoms with Gasteiger partial charge in [-0.05, 0) is 30.4 Å². The Balaban J connectivity index is 2.32. The Bertz CT molecular complexity index is 405. The minimum Gasteiger partial charge on any atom is -0.302 e. The van der Waals surface area contributed by atoms with E-state index in [0.29, 0.717) is 11.1 Å². The van der Waals surface area contributed by atoms with Gasteiger partial charge in [-0.1, -0.05) is 30.9 Å². The van der Waals surface area contributed by atoms with E-state index in [4.69, 9.17) is 11.6 Å². The van der Waals surface area contributed by atoms with E-state index in [0.717, 1.165) is 5.56 Å². The van der Waals surface area contributed by atoms with Gasteiger partial charge in [0.05, 0.1) is 0 Å². The van der Waals surface area contributed by atoms with E-state index in [2.05, 4.69) is 0 Å². The van der Waals surface area contributed by atoms with Gasteiger partial charge in [0.2, 0.25) is 0 Å². The topological polar surface area (TPSA) is 22.0 Å². The minimum absolute atomic E-state index is 0.00285. The van der Waals surface area contributed by atoms with Gasteiger partial charge in [0.25, 0.3) is 5.56 Å². The maximum Gasteiger partial charge on any atom is 0.251 e. The molecule has 0 bridgehead atoms. The molecule has 1 heterocycles. The maximum atomic E-state index is 11.6. The molecule has 0 saturated heterocycles. The number of aromatic nitrogens is 1. The second-order valence-corrected chi connectivity index (χ2v) is 4.73. The minimum atomic E-state index is 0.00285. The predicted octanol–water partition coefficient (Wildman–Crippen LogP) is 3.09. The summed E-state index contributed by atoms with van der Waals surface area (Å²) >= 11 is 6.00. The quantitative estimate of drug-likeness (QED) is 0.674. The van der Waals surface area contributed by atoms with Crippen molar-refractivity contribution in [3.05, 3.63) is 33.2 Å². The molecule has 1 fully saturated rings. The molecule has 0 unspecified atom stereocenters. The fourth-order valence-corrected chi connectivity index (χ4v) is 2.50. The molecular formula is C12H16ClNO. The molecule has 0 radical (unpaired) electrons. The van der Waals surface area contributed by atoms with Crippen molar-refractivity contribution < 1.29 is 0 Å². The number of hydrogen-bond donors (Lipinski definition) is 0. The molecule has 1 saturated carbocycles. The second-order valence-electron chi connectivity index (χ2n) is 4.34. The van der Waals surface area contributed by atoms with Crippen molar-refractivity contribution in [3.8, 4) is 0 Å². The summed E-state index contributed by atoms with van der Waals surface area (Å²) in [5.74, 6) is 0.546. The molecule has 2 nitrogen and oxygen atoms in total. The summed E-state index contributed by atoms with van der Waals surface area (Å²) < 4.78 is 1.48. The van der Waals surface area contributed by atoms with E-state index in [-0.39, 0.29) is 5.56 Å². The molecule has 1 aromatic rings. The molecule has 0 amide bonds. The standard InChI is InChI=1S/C12H16ClNO/c1-14-11(13)7-10(8-12(14)15)9-5-3-2-4-6-9/h7-9H,2-6H2,1H3. The Hall–Kier alpha value is -0.760. The van der Waals surface area contributed by atoms with Crippen molar-refractivity contribution in [1.29, 1.82) is 0 Å². The zero-order chi connectivity index (χ0) is 10.8. The summed E-state index contributed by atoms with van der Waals surface area (Å²) in [5, 5.41) is 0.545. The highest BCUT2D eigenvalue weighted by Crippen LogP contribution is 2.32. The van der Waals surface area contributed by atoms with E-state index >= 15 is 0 Å². The van der Waals surface area contributed by atoms with Gasteiger partial charge in [0, 0.05) is 13.1 Å². The van der Waals surface area contributed by atoms with Crippen LogP contribution in [-0.2, 0) is 7.05 Å². The van der Waals surface area contributed by atoms with Crippen LogP contribution >= 0.6 is 11.6 Å². The molecule has 15 heavy (non-hydrogen) atoms. The molecule has 1 aromatic heterocycles. The summed E-state index contributed by atoms with van der Waals surface area (Å²) in [5.41, 5.74) is 1.13. The van der Waals surface area contributed by atoms with Gasteiger partial charge in [-0.2, -0.15) is 0 Å². The van der Waals surface area contributed by atoms with Crippen LogP contribution in [0.25, 0.3) is 0 Å². The molecule has 0 aliphatic heterocycles. The van der Waals surface area contributed by atoms with Crippen LogP contribution in [0, 0.1) is 0 Å². The number of halogens is 1. The van der Waals surface area contributed by atoms with Crippen LogP contribution in [0.4, 0.5) is 0 Å². The molecule has 2 rings (SSSR count). The van der Waals surface area contributed by atoms with Crippen molar-refractivity contribution in [1.82, 2.24) is 4.57 Å². The molecule has 3 heteroatoms. The largest absolute Gasteiger partial charge is 0.302 e. The van der Waals surface area contributed by atoms with E-state index in [9.17, 15) is 4.79 Å². The van der Waals surface area contributed by atoms with Gasteiger partial charge >= 0.3 is 0 Å². The highest BCUT2D eigenvalue weighted by Gasteiger charge is 2.16. The van der Waals surface area contributed by atoms with Crippen LogP contribution in [0.2, 0.25) is 5.15 Å². The molecule has 0 atom stereocenters. The Morgan fingerprint density at radius 2 is 1.93 bits per heavy atom. The Morgan fingerprint density at radius 1 is 1.27 bits per heavy atom. The molecule has 0 spiro atoms. The lowest BCUT2D eigenvalue weighted by Gasteiger charge is -2.22. The third-order valence-corrected chi connectivity index (χ3v) is 3.67. The summed E-state index contributed by atoms with van der Waals surface area (Å²) in [4.78, 5) is 11.6. The second kappa shape index (κ2) is 4.40. The lowest BCUT2D eigenvalue weighted by Crippen LogP contribution is -2.18. The number of hydrogen-bond acceptors (Lipinski definition) is 1. The summed E-state index contributed by atoms with van der Waals surface area (Å²) in [6.07, 6.45) is 6.27. The Morgan fingerprint density at radius 3 is 2.53 bits per heavy atom. The normalized spacial score (nSPS) is 18.0. The number of nitrogens with zero attached hydrogens (tertiary/aromatic N) is 1. The van der Waals surface area contributed by atoms with Gasteiger partial charge in [0.1, 0.15) is 5.15 Å². The van der Waals surface area contributed by atoms with Gasteiger partial charge < -0.3 is 4.57 Å². The number of rotatable bonds is 1. The highest BCUT2D eigenvalue weighted by atomic mass is 35.5. The van der Waals surface area contributed by atoms with Crippen LogP contribution in [-0.4, -0.2) is 4.57 Å². The average Bonchev–Trinajstić information content (AvgIpc) is 2.26. The van der Waals surface area contributed by atoms with E-state index < -0.39 is 0 Å². The lowest BCUT2D eigenvalue weighted by atomic mass is 9.84. The van der Waals surface area contributed by atoms with Crippen LogP contribution < -0.4 is 5.56 Å². The highest BCUT2D eigenvalue weighted by molar-refractivity contribution is 6.29. The smallest absolute Gasteiger partial charge is 0.251 e. The van der Waals surface area contributed by atoms with Crippen molar-refractivity contribution in [3.63, 3.8) is 0 Å². The van der Waals surface area contributed by atoms with Crippen LogP contribution in [0.15, 0.2) is 16.9 Å². The molecule has 82 valence electrons. The molecular weight excluding hydrogens is 210 g/mol. The van der Waals surface area contributed by atoms with Crippen molar-refractivity contribution in [2.75, 3.05) is 0 Å². The van der Waals surface area contributed by atoms with Gasteiger partial charge in [0.15, 0.2) is 0 Å². The summed E-state index contributed by atoms with van der Waals surface area (Å²) in [7, 11) is 1.70.